The van der Waals surface area contributed by atoms with E-state index in [1.807, 2.05) is 25.1 Å². The molecule has 0 aliphatic rings. The zero-order valence-corrected chi connectivity index (χ0v) is 16.4. The molecule has 4 rings (SSSR count). The van der Waals surface area contributed by atoms with E-state index >= 15 is 0 Å². The van der Waals surface area contributed by atoms with Gasteiger partial charge < -0.3 is 9.52 Å². The van der Waals surface area contributed by atoms with Crippen LogP contribution in [-0.4, -0.2) is 21.0 Å². The molecule has 0 aliphatic carbocycles. The van der Waals surface area contributed by atoms with Crippen molar-refractivity contribution in [3.8, 4) is 11.1 Å². The van der Waals surface area contributed by atoms with Gasteiger partial charge in [0, 0.05) is 10.4 Å². The monoisotopic (exact) mass is 396 g/mol. The van der Waals surface area contributed by atoms with Crippen molar-refractivity contribution in [2.24, 2.45) is 0 Å². The summed E-state index contributed by atoms with van der Waals surface area (Å²) in [7, 11) is 0. The van der Waals surface area contributed by atoms with Gasteiger partial charge in [0.2, 0.25) is 5.76 Å². The van der Waals surface area contributed by atoms with Gasteiger partial charge in [-0.3, -0.25) is 0 Å². The number of thioether (sulfide) groups is 1. The summed E-state index contributed by atoms with van der Waals surface area (Å²) in [4.78, 5) is 22.4. The van der Waals surface area contributed by atoms with Crippen molar-refractivity contribution >= 4 is 39.3 Å². The number of thiophene rings is 1. The summed E-state index contributed by atoms with van der Waals surface area (Å²) in [5.41, 5.74) is 2.30. The van der Waals surface area contributed by atoms with E-state index in [1.165, 1.54) is 22.7 Å². The largest absolute Gasteiger partial charge is 0.475 e. The second kappa shape index (κ2) is 7.17. The molecule has 0 saturated heterocycles. The molecule has 3 aromatic heterocycles. The molecule has 7 heteroatoms. The minimum atomic E-state index is -1.06. The Kier molecular flexibility index (Phi) is 4.72. The van der Waals surface area contributed by atoms with Gasteiger partial charge in [-0.15, -0.1) is 11.3 Å². The molecule has 1 aromatic carbocycles. The highest BCUT2D eigenvalue weighted by atomic mass is 32.2. The second-order valence-electron chi connectivity index (χ2n) is 6.02. The predicted octanol–water partition coefficient (Wildman–Crippen LogP) is 5.56. The summed E-state index contributed by atoms with van der Waals surface area (Å²) < 4.78 is 5.37. The van der Waals surface area contributed by atoms with Gasteiger partial charge in [-0.05, 0) is 31.5 Å². The average molecular weight is 396 g/mol. The van der Waals surface area contributed by atoms with E-state index in [-0.39, 0.29) is 5.76 Å². The Morgan fingerprint density at radius 2 is 1.93 bits per heavy atom. The van der Waals surface area contributed by atoms with E-state index in [0.29, 0.717) is 11.5 Å². The molecule has 3 heterocycles. The van der Waals surface area contributed by atoms with Crippen molar-refractivity contribution in [1.82, 2.24) is 9.97 Å². The number of hydrogen-bond acceptors (Lipinski definition) is 6. The maximum Gasteiger partial charge on any atom is 0.371 e. The summed E-state index contributed by atoms with van der Waals surface area (Å²) in [6, 6.07) is 13.4. The van der Waals surface area contributed by atoms with Crippen LogP contribution in [0.25, 0.3) is 21.3 Å². The van der Waals surface area contributed by atoms with Crippen LogP contribution in [0.5, 0.6) is 0 Å². The van der Waals surface area contributed by atoms with E-state index in [9.17, 15) is 4.79 Å². The van der Waals surface area contributed by atoms with Crippen LogP contribution < -0.4 is 0 Å². The van der Waals surface area contributed by atoms with Gasteiger partial charge >= 0.3 is 5.97 Å². The molecule has 4 aromatic rings. The molecule has 5 nitrogen and oxygen atoms in total. The van der Waals surface area contributed by atoms with E-state index < -0.39 is 5.97 Å². The van der Waals surface area contributed by atoms with Crippen LogP contribution >= 0.6 is 23.1 Å². The van der Waals surface area contributed by atoms with Crippen LogP contribution in [0.3, 0.4) is 0 Å². The summed E-state index contributed by atoms with van der Waals surface area (Å²) in [6.07, 6.45) is 0. The van der Waals surface area contributed by atoms with Crippen molar-refractivity contribution in [3.05, 3.63) is 64.7 Å². The van der Waals surface area contributed by atoms with Gasteiger partial charge in [0.1, 0.15) is 21.4 Å². The Morgan fingerprint density at radius 1 is 1.15 bits per heavy atom. The minimum Gasteiger partial charge on any atom is -0.475 e. The van der Waals surface area contributed by atoms with Gasteiger partial charge in [0.05, 0.1) is 11.1 Å². The standard InChI is InChI=1S/C20H16N2O3S2/c1-11-16(13-6-4-3-5-7-13)17-18(21-12(2)22-19(17)27-11)26-10-14-8-9-15(25-14)20(23)24/h3-9H,10H2,1-2H3,(H,23,24). The van der Waals surface area contributed by atoms with Crippen LogP contribution in [0.1, 0.15) is 27.0 Å². The molecular formula is C20H16N2O3S2. The molecule has 0 radical (unpaired) electrons. The Labute approximate surface area is 164 Å². The lowest BCUT2D eigenvalue weighted by Crippen LogP contribution is -1.93. The normalized spacial score (nSPS) is 11.2. The van der Waals surface area contributed by atoms with Crippen LogP contribution in [0.15, 0.2) is 51.9 Å². The third kappa shape index (κ3) is 3.48. The molecule has 0 bridgehead atoms. The summed E-state index contributed by atoms with van der Waals surface area (Å²) in [6.45, 7) is 3.99. The molecule has 0 fully saturated rings. The Hall–Kier alpha value is -2.64. The van der Waals surface area contributed by atoms with E-state index in [4.69, 9.17) is 9.52 Å². The van der Waals surface area contributed by atoms with Gasteiger partial charge in [-0.2, -0.15) is 0 Å². The summed E-state index contributed by atoms with van der Waals surface area (Å²) >= 11 is 3.20. The number of rotatable bonds is 5. The Bertz CT molecular complexity index is 1130. The van der Waals surface area contributed by atoms with Crippen molar-refractivity contribution in [3.63, 3.8) is 0 Å². The average Bonchev–Trinajstić information content (AvgIpc) is 3.24. The smallest absolute Gasteiger partial charge is 0.371 e. The van der Waals surface area contributed by atoms with Gasteiger partial charge in [0.25, 0.3) is 0 Å². The van der Waals surface area contributed by atoms with Crippen molar-refractivity contribution in [2.75, 3.05) is 0 Å². The number of aromatic carboxylic acids is 1. The van der Waals surface area contributed by atoms with Crippen molar-refractivity contribution in [2.45, 2.75) is 24.6 Å². The zero-order chi connectivity index (χ0) is 19.0. The first-order valence-corrected chi connectivity index (χ1v) is 10.1. The predicted molar refractivity (Wildman–Crippen MR) is 108 cm³/mol. The number of carbonyl (C=O) groups is 1. The number of furan rings is 1. The first kappa shape index (κ1) is 17.8. The third-order valence-corrected chi connectivity index (χ3v) is 6.09. The molecule has 136 valence electrons. The summed E-state index contributed by atoms with van der Waals surface area (Å²) in [5.74, 6) is 0.714. The molecule has 0 unspecified atom stereocenters. The molecule has 0 amide bonds. The van der Waals surface area contributed by atoms with Crippen LogP contribution in [0.2, 0.25) is 0 Å². The maximum absolute atomic E-state index is 11.0. The Balaban J connectivity index is 1.76. The van der Waals surface area contributed by atoms with Crippen LogP contribution in [-0.2, 0) is 5.75 Å². The Morgan fingerprint density at radius 3 is 2.63 bits per heavy atom. The highest BCUT2D eigenvalue weighted by molar-refractivity contribution is 7.98. The number of carboxylic acid groups (broad SMARTS) is 1. The third-order valence-electron chi connectivity index (χ3n) is 4.09. The lowest BCUT2D eigenvalue weighted by atomic mass is 10.0. The number of nitrogens with zero attached hydrogens (tertiary/aromatic N) is 2. The first-order chi connectivity index (χ1) is 13.0. The molecule has 1 N–H and O–H groups in total. The molecule has 0 atom stereocenters. The molecule has 0 aliphatic heterocycles. The lowest BCUT2D eigenvalue weighted by Gasteiger charge is -2.07. The molecule has 27 heavy (non-hydrogen) atoms. The second-order valence-corrected chi connectivity index (χ2v) is 8.18. The number of aryl methyl sites for hydroxylation is 2. The zero-order valence-electron chi connectivity index (χ0n) is 14.7. The van der Waals surface area contributed by atoms with E-state index in [0.717, 1.165) is 32.2 Å². The van der Waals surface area contributed by atoms with Crippen molar-refractivity contribution in [1.29, 1.82) is 0 Å². The minimum absolute atomic E-state index is 0.0500. The molecular weight excluding hydrogens is 380 g/mol. The fourth-order valence-electron chi connectivity index (χ4n) is 2.95. The SMILES string of the molecule is Cc1nc(SCc2ccc(C(=O)O)o2)c2c(-c3ccccc3)c(C)sc2n1. The van der Waals surface area contributed by atoms with E-state index in [2.05, 4.69) is 29.0 Å². The topological polar surface area (TPSA) is 76.2 Å². The molecule has 0 saturated carbocycles. The highest BCUT2D eigenvalue weighted by Crippen LogP contribution is 2.42. The highest BCUT2D eigenvalue weighted by Gasteiger charge is 2.18. The van der Waals surface area contributed by atoms with Gasteiger partial charge in [0.15, 0.2) is 0 Å². The number of carboxylic acids is 1. The fourth-order valence-corrected chi connectivity index (χ4v) is 5.08. The van der Waals surface area contributed by atoms with Gasteiger partial charge in [-0.25, -0.2) is 14.8 Å². The van der Waals surface area contributed by atoms with E-state index in [1.54, 1.807) is 17.4 Å². The van der Waals surface area contributed by atoms with Crippen molar-refractivity contribution < 1.29 is 14.3 Å². The van der Waals surface area contributed by atoms with Crippen LogP contribution in [0, 0.1) is 13.8 Å². The quantitative estimate of drug-likeness (QED) is 0.352. The number of benzene rings is 1. The van der Waals surface area contributed by atoms with Crippen LogP contribution in [0.4, 0.5) is 0 Å². The lowest BCUT2D eigenvalue weighted by molar-refractivity contribution is 0.0661. The number of aromatic nitrogens is 2. The maximum atomic E-state index is 11.0. The molecule has 0 spiro atoms. The number of fused-ring (bicyclic) bond motifs is 1. The van der Waals surface area contributed by atoms with Gasteiger partial charge in [-0.1, -0.05) is 42.1 Å². The summed E-state index contributed by atoms with van der Waals surface area (Å²) in [5, 5.41) is 10.9. The fraction of sp³-hybridized carbons (Fsp3) is 0.150. The number of hydrogen-bond donors (Lipinski definition) is 1. The first-order valence-electron chi connectivity index (χ1n) is 8.31.